The normalized spacial score (nSPS) is 19.7. The molecule has 0 saturated carbocycles. The van der Waals surface area contributed by atoms with Gasteiger partial charge in [-0.25, -0.2) is 8.42 Å². The summed E-state index contributed by atoms with van der Waals surface area (Å²) in [7, 11) is -3.51. The summed E-state index contributed by atoms with van der Waals surface area (Å²) in [5, 5.41) is 2.90. The van der Waals surface area contributed by atoms with Crippen molar-refractivity contribution < 1.29 is 18.0 Å². The van der Waals surface area contributed by atoms with E-state index >= 15 is 0 Å². The minimum Gasteiger partial charge on any atom is -0.347 e. The predicted molar refractivity (Wildman–Crippen MR) is 119 cm³/mol. The zero-order valence-electron chi connectivity index (χ0n) is 17.8. The Morgan fingerprint density at radius 1 is 1.00 bits per heavy atom. The Balaban J connectivity index is 1.41. The first-order valence-corrected chi connectivity index (χ1v) is 12.0. The average Bonchev–Trinajstić information content (AvgIpc) is 3.41. The van der Waals surface area contributed by atoms with Gasteiger partial charge in [-0.15, -0.1) is 0 Å². The number of carbonyl (C=O) groups excluding carboxylic acids is 2. The van der Waals surface area contributed by atoms with Gasteiger partial charge in [0, 0.05) is 37.3 Å². The van der Waals surface area contributed by atoms with Gasteiger partial charge in [0.2, 0.25) is 15.9 Å². The van der Waals surface area contributed by atoms with Gasteiger partial charge in [-0.05, 0) is 74.2 Å². The maximum absolute atomic E-state index is 12.7. The largest absolute Gasteiger partial charge is 0.347 e. The summed E-state index contributed by atoms with van der Waals surface area (Å²) in [4.78, 5) is 27.0. The molecule has 164 valence electrons. The van der Waals surface area contributed by atoms with Crippen LogP contribution >= 0.6 is 0 Å². The van der Waals surface area contributed by atoms with E-state index in [1.165, 1.54) is 28.6 Å². The van der Waals surface area contributed by atoms with Crippen LogP contribution in [0, 0.1) is 13.8 Å². The Labute approximate surface area is 183 Å². The molecule has 31 heavy (non-hydrogen) atoms. The molecule has 2 aromatic rings. The second-order valence-corrected chi connectivity index (χ2v) is 10.2. The van der Waals surface area contributed by atoms with Crippen molar-refractivity contribution in [1.29, 1.82) is 0 Å². The molecule has 7 nitrogen and oxygen atoms in total. The highest BCUT2D eigenvalue weighted by molar-refractivity contribution is 7.89. The van der Waals surface area contributed by atoms with Gasteiger partial charge in [0.1, 0.15) is 0 Å². The second-order valence-electron chi connectivity index (χ2n) is 8.28. The van der Waals surface area contributed by atoms with Crippen molar-refractivity contribution in [2.75, 3.05) is 24.5 Å². The lowest BCUT2D eigenvalue weighted by Gasteiger charge is -2.18. The number of rotatable bonds is 5. The van der Waals surface area contributed by atoms with Gasteiger partial charge in [0.15, 0.2) is 0 Å². The molecule has 2 saturated heterocycles. The van der Waals surface area contributed by atoms with Gasteiger partial charge in [0.25, 0.3) is 5.91 Å². The van der Waals surface area contributed by atoms with Gasteiger partial charge in [0.05, 0.1) is 10.9 Å². The molecular weight excluding hydrogens is 414 g/mol. The Kier molecular flexibility index (Phi) is 5.85. The number of anilines is 1. The third-order valence-corrected chi connectivity index (χ3v) is 7.99. The fourth-order valence-corrected chi connectivity index (χ4v) is 5.59. The van der Waals surface area contributed by atoms with Crippen molar-refractivity contribution in [1.82, 2.24) is 9.62 Å². The van der Waals surface area contributed by atoms with Crippen molar-refractivity contribution in [2.45, 2.75) is 44.0 Å². The van der Waals surface area contributed by atoms with Crippen LogP contribution in [0.2, 0.25) is 0 Å². The number of hydrogen-bond donors (Lipinski definition) is 1. The van der Waals surface area contributed by atoms with Crippen LogP contribution in [0.3, 0.4) is 0 Å². The summed E-state index contributed by atoms with van der Waals surface area (Å²) < 4.78 is 26.7. The van der Waals surface area contributed by atoms with Crippen LogP contribution in [0.4, 0.5) is 5.69 Å². The van der Waals surface area contributed by atoms with E-state index in [1.54, 1.807) is 4.90 Å². The van der Waals surface area contributed by atoms with Crippen LogP contribution in [0.5, 0.6) is 0 Å². The second kappa shape index (κ2) is 8.43. The van der Waals surface area contributed by atoms with Crippen molar-refractivity contribution in [3.05, 3.63) is 59.2 Å². The summed E-state index contributed by atoms with van der Waals surface area (Å²) in [6.45, 7) is 5.52. The zero-order chi connectivity index (χ0) is 22.2. The summed E-state index contributed by atoms with van der Waals surface area (Å²) in [6, 6.07) is 11.6. The molecule has 2 amide bonds. The molecule has 0 spiro atoms. The van der Waals surface area contributed by atoms with Crippen LogP contribution in [0.15, 0.2) is 47.4 Å². The maximum atomic E-state index is 12.7. The van der Waals surface area contributed by atoms with Crippen molar-refractivity contribution in [3.63, 3.8) is 0 Å². The molecule has 2 aromatic carbocycles. The van der Waals surface area contributed by atoms with E-state index in [0.717, 1.165) is 29.7 Å². The minimum absolute atomic E-state index is 0.0272. The van der Waals surface area contributed by atoms with Gasteiger partial charge in [-0.3, -0.25) is 9.59 Å². The highest BCUT2D eigenvalue weighted by Crippen LogP contribution is 2.25. The molecule has 1 atom stereocenters. The van der Waals surface area contributed by atoms with Crippen LogP contribution in [-0.4, -0.2) is 50.2 Å². The lowest BCUT2D eigenvalue weighted by Crippen LogP contribution is -2.37. The number of nitrogens with one attached hydrogen (secondary N) is 1. The first-order valence-electron chi connectivity index (χ1n) is 10.5. The molecule has 0 aromatic heterocycles. The topological polar surface area (TPSA) is 86.8 Å². The zero-order valence-corrected chi connectivity index (χ0v) is 18.6. The molecule has 2 fully saturated rings. The molecule has 0 bridgehead atoms. The molecule has 0 radical (unpaired) electrons. The number of amides is 2. The van der Waals surface area contributed by atoms with Crippen LogP contribution < -0.4 is 10.2 Å². The fraction of sp³-hybridized carbons (Fsp3) is 0.391. The minimum atomic E-state index is -3.51. The fourth-order valence-electron chi connectivity index (χ4n) is 4.07. The first-order chi connectivity index (χ1) is 14.8. The Morgan fingerprint density at radius 2 is 1.68 bits per heavy atom. The average molecular weight is 442 g/mol. The van der Waals surface area contributed by atoms with Gasteiger partial charge in [-0.2, -0.15) is 4.31 Å². The van der Waals surface area contributed by atoms with Gasteiger partial charge < -0.3 is 10.2 Å². The van der Waals surface area contributed by atoms with Crippen molar-refractivity contribution in [3.8, 4) is 0 Å². The molecule has 0 unspecified atom stereocenters. The number of nitrogens with zero attached hydrogens (tertiary/aromatic N) is 2. The number of benzene rings is 2. The standard InChI is InChI=1S/C23H27N3O4S/c1-16-5-8-20(13-17(16)2)26-15-19(14-22(26)27)24-23(28)18-6-9-21(10-7-18)31(29,30)25-11-3-4-12-25/h5-10,13,19H,3-4,11-12,14-15H2,1-2H3,(H,24,28)/t19-/m1/s1. The van der Waals surface area contributed by atoms with Crippen molar-refractivity contribution >= 4 is 27.5 Å². The molecule has 8 heteroatoms. The number of aryl methyl sites for hydroxylation is 2. The lowest BCUT2D eigenvalue weighted by atomic mass is 10.1. The molecule has 2 aliphatic heterocycles. The van der Waals surface area contributed by atoms with Crippen LogP contribution in [0.25, 0.3) is 0 Å². The number of sulfonamides is 1. The van der Waals surface area contributed by atoms with E-state index in [4.69, 9.17) is 0 Å². The third kappa shape index (κ3) is 4.36. The summed E-state index contributed by atoms with van der Waals surface area (Å²) >= 11 is 0. The summed E-state index contributed by atoms with van der Waals surface area (Å²) in [5.41, 5.74) is 3.48. The predicted octanol–water partition coefficient (Wildman–Crippen LogP) is 2.62. The van der Waals surface area contributed by atoms with E-state index in [1.807, 2.05) is 32.0 Å². The third-order valence-electron chi connectivity index (χ3n) is 6.08. The van der Waals surface area contributed by atoms with E-state index in [9.17, 15) is 18.0 Å². The van der Waals surface area contributed by atoms with Crippen molar-refractivity contribution in [2.24, 2.45) is 0 Å². The Hall–Kier alpha value is -2.71. The molecule has 1 N–H and O–H groups in total. The van der Waals surface area contributed by atoms with Gasteiger partial charge >= 0.3 is 0 Å². The monoisotopic (exact) mass is 441 g/mol. The van der Waals surface area contributed by atoms with Crippen LogP contribution in [-0.2, 0) is 14.8 Å². The van der Waals surface area contributed by atoms with Gasteiger partial charge in [-0.1, -0.05) is 6.07 Å². The van der Waals surface area contributed by atoms with E-state index in [2.05, 4.69) is 5.32 Å². The highest BCUT2D eigenvalue weighted by atomic mass is 32.2. The molecule has 4 rings (SSSR count). The van der Waals surface area contributed by atoms with E-state index < -0.39 is 10.0 Å². The molecule has 0 aliphatic carbocycles. The molecular formula is C23H27N3O4S. The summed E-state index contributed by atoms with van der Waals surface area (Å²) in [6.07, 6.45) is 1.98. The van der Waals surface area contributed by atoms with E-state index in [-0.39, 0.29) is 29.2 Å². The number of hydrogen-bond acceptors (Lipinski definition) is 4. The quantitative estimate of drug-likeness (QED) is 0.773. The SMILES string of the molecule is Cc1ccc(N2C[C@H](NC(=O)c3ccc(S(=O)(=O)N4CCCC4)cc3)CC2=O)cc1C. The Morgan fingerprint density at radius 3 is 2.32 bits per heavy atom. The molecule has 2 heterocycles. The molecule has 2 aliphatic rings. The smallest absolute Gasteiger partial charge is 0.251 e. The first kappa shape index (κ1) is 21.5. The highest BCUT2D eigenvalue weighted by Gasteiger charge is 2.32. The lowest BCUT2D eigenvalue weighted by molar-refractivity contribution is -0.117. The number of carbonyl (C=O) groups is 2. The van der Waals surface area contributed by atoms with Crippen LogP contribution in [0.1, 0.15) is 40.7 Å². The van der Waals surface area contributed by atoms with E-state index in [0.29, 0.717) is 25.2 Å². The maximum Gasteiger partial charge on any atom is 0.251 e. The Bertz CT molecular complexity index is 1110. The summed E-state index contributed by atoms with van der Waals surface area (Å²) in [5.74, 6) is -0.342.